The molecule has 0 aromatic carbocycles. The van der Waals surface area contributed by atoms with Gasteiger partial charge in [0.2, 0.25) is 5.91 Å². The van der Waals surface area contributed by atoms with Crippen molar-refractivity contribution in [1.29, 1.82) is 0 Å². The molecule has 27 heavy (non-hydrogen) atoms. The van der Waals surface area contributed by atoms with Gasteiger partial charge in [-0.05, 0) is 49.1 Å². The van der Waals surface area contributed by atoms with E-state index in [9.17, 15) is 9.90 Å². The van der Waals surface area contributed by atoms with Gasteiger partial charge in [-0.25, -0.2) is 0 Å². The first-order valence-electron chi connectivity index (χ1n) is 10.2. The fraction of sp³-hybridized carbons (Fsp3) is 0.714. The fourth-order valence-corrected chi connectivity index (χ4v) is 5.13. The van der Waals surface area contributed by atoms with Crippen LogP contribution in [0.15, 0.2) is 24.5 Å². The highest BCUT2D eigenvalue weighted by Crippen LogP contribution is 2.44. The van der Waals surface area contributed by atoms with Gasteiger partial charge in [-0.3, -0.25) is 14.7 Å². The second-order valence-corrected chi connectivity index (χ2v) is 8.73. The lowest BCUT2D eigenvalue weighted by Gasteiger charge is -2.42. The molecule has 1 N–H and O–H groups in total. The molecule has 3 fully saturated rings. The van der Waals surface area contributed by atoms with Gasteiger partial charge in [-0.2, -0.15) is 0 Å². The van der Waals surface area contributed by atoms with Gasteiger partial charge >= 0.3 is 0 Å². The molecule has 148 valence electrons. The van der Waals surface area contributed by atoms with E-state index in [-0.39, 0.29) is 17.9 Å². The first-order chi connectivity index (χ1) is 13.1. The van der Waals surface area contributed by atoms with Crippen LogP contribution in [0.1, 0.15) is 37.7 Å². The average Bonchev–Trinajstić information content (AvgIpc) is 2.97. The van der Waals surface area contributed by atoms with Crippen LogP contribution in [0.4, 0.5) is 0 Å². The summed E-state index contributed by atoms with van der Waals surface area (Å²) in [5.41, 5.74) is 1.54. The first-order valence-corrected chi connectivity index (χ1v) is 10.2. The van der Waals surface area contributed by atoms with Crippen molar-refractivity contribution in [2.24, 2.45) is 11.3 Å². The van der Waals surface area contributed by atoms with Gasteiger partial charge in [0.05, 0.1) is 12.7 Å². The van der Waals surface area contributed by atoms with Crippen molar-refractivity contribution in [2.75, 3.05) is 33.4 Å². The predicted molar refractivity (Wildman–Crippen MR) is 102 cm³/mol. The van der Waals surface area contributed by atoms with Crippen molar-refractivity contribution < 1.29 is 14.6 Å². The van der Waals surface area contributed by atoms with Crippen molar-refractivity contribution in [3.8, 4) is 0 Å². The minimum Gasteiger partial charge on any atom is -0.393 e. The molecule has 1 aliphatic carbocycles. The van der Waals surface area contributed by atoms with Crippen LogP contribution in [0, 0.1) is 11.3 Å². The van der Waals surface area contributed by atoms with Crippen molar-refractivity contribution in [1.82, 2.24) is 14.8 Å². The summed E-state index contributed by atoms with van der Waals surface area (Å²) in [6.45, 7) is 4.44. The topological polar surface area (TPSA) is 65.9 Å². The Morgan fingerprint density at radius 1 is 1.37 bits per heavy atom. The molecule has 1 amide bonds. The van der Waals surface area contributed by atoms with E-state index in [2.05, 4.69) is 16.0 Å². The van der Waals surface area contributed by atoms with Gasteiger partial charge in [-0.15, -0.1) is 0 Å². The number of amides is 1. The van der Waals surface area contributed by atoms with Crippen LogP contribution in [0.25, 0.3) is 0 Å². The summed E-state index contributed by atoms with van der Waals surface area (Å²) >= 11 is 0. The summed E-state index contributed by atoms with van der Waals surface area (Å²) in [5, 5.41) is 9.47. The second kappa shape index (κ2) is 7.86. The van der Waals surface area contributed by atoms with Crippen LogP contribution in [-0.4, -0.2) is 71.3 Å². The highest BCUT2D eigenvalue weighted by Gasteiger charge is 2.47. The molecule has 1 spiro atoms. The minimum atomic E-state index is -0.263. The number of piperidine rings is 1. The molecule has 4 rings (SSSR count). The molecule has 1 saturated carbocycles. The van der Waals surface area contributed by atoms with E-state index in [0.29, 0.717) is 24.3 Å². The van der Waals surface area contributed by atoms with E-state index in [1.807, 2.05) is 23.4 Å². The number of likely N-dealkylation sites (tertiary alicyclic amines) is 2. The smallest absolute Gasteiger partial charge is 0.225 e. The van der Waals surface area contributed by atoms with E-state index in [0.717, 1.165) is 52.0 Å². The summed E-state index contributed by atoms with van der Waals surface area (Å²) in [4.78, 5) is 21.4. The van der Waals surface area contributed by atoms with Crippen molar-refractivity contribution in [3.63, 3.8) is 0 Å². The molecule has 0 radical (unpaired) electrons. The Morgan fingerprint density at radius 2 is 2.15 bits per heavy atom. The molecule has 3 heterocycles. The molecule has 6 nitrogen and oxygen atoms in total. The number of hydrogen-bond acceptors (Lipinski definition) is 5. The molecular weight excluding hydrogens is 342 g/mol. The third-order valence-corrected chi connectivity index (χ3v) is 6.79. The third kappa shape index (κ3) is 4.03. The SMILES string of the molecule is COC[C@@H]1CC2(CCN(C(=O)C3CC(O)C3)CC2)CN1Cc1cccnc1. The highest BCUT2D eigenvalue weighted by atomic mass is 16.5. The lowest BCUT2D eigenvalue weighted by Crippen LogP contribution is -2.49. The van der Waals surface area contributed by atoms with Crippen LogP contribution in [0.5, 0.6) is 0 Å². The number of aromatic nitrogens is 1. The lowest BCUT2D eigenvalue weighted by molar-refractivity contribution is -0.144. The number of rotatable bonds is 5. The van der Waals surface area contributed by atoms with Crippen LogP contribution in [-0.2, 0) is 16.1 Å². The summed E-state index contributed by atoms with van der Waals surface area (Å²) in [6, 6.07) is 4.56. The maximum Gasteiger partial charge on any atom is 0.225 e. The largest absolute Gasteiger partial charge is 0.393 e. The average molecular weight is 373 g/mol. The van der Waals surface area contributed by atoms with Crippen molar-refractivity contribution >= 4 is 5.91 Å². The summed E-state index contributed by atoms with van der Waals surface area (Å²) in [7, 11) is 1.78. The monoisotopic (exact) mass is 373 g/mol. The second-order valence-electron chi connectivity index (χ2n) is 8.73. The predicted octanol–water partition coefficient (Wildman–Crippen LogP) is 1.68. The van der Waals surface area contributed by atoms with E-state index in [4.69, 9.17) is 4.74 Å². The molecule has 3 aliphatic rings. The summed E-state index contributed by atoms with van der Waals surface area (Å²) < 4.78 is 5.51. The first kappa shape index (κ1) is 18.8. The third-order valence-electron chi connectivity index (χ3n) is 6.79. The Kier molecular flexibility index (Phi) is 5.48. The Hall–Kier alpha value is -1.50. The molecule has 6 heteroatoms. The normalized spacial score (nSPS) is 30.4. The maximum atomic E-state index is 12.6. The molecule has 1 aromatic rings. The van der Waals surface area contributed by atoms with Crippen molar-refractivity contribution in [2.45, 2.75) is 50.8 Å². The van der Waals surface area contributed by atoms with Crippen LogP contribution >= 0.6 is 0 Å². The number of ether oxygens (including phenoxy) is 1. The van der Waals surface area contributed by atoms with Crippen LogP contribution < -0.4 is 0 Å². The number of methoxy groups -OCH3 is 1. The fourth-order valence-electron chi connectivity index (χ4n) is 5.13. The Bertz CT molecular complexity index is 639. The van der Waals surface area contributed by atoms with Gasteiger partial charge in [0.25, 0.3) is 0 Å². The zero-order valence-electron chi connectivity index (χ0n) is 16.2. The molecule has 1 atom stereocenters. The van der Waals surface area contributed by atoms with Gasteiger partial charge in [0.15, 0.2) is 0 Å². The lowest BCUT2D eigenvalue weighted by atomic mass is 9.75. The van der Waals surface area contributed by atoms with E-state index < -0.39 is 0 Å². The molecule has 2 saturated heterocycles. The zero-order valence-corrected chi connectivity index (χ0v) is 16.2. The summed E-state index contributed by atoms with van der Waals surface area (Å²) in [5.74, 6) is 0.315. The Labute approximate surface area is 161 Å². The van der Waals surface area contributed by atoms with Gasteiger partial charge in [0, 0.05) is 57.6 Å². The standard InChI is InChI=1S/C21H31N3O3/c1-27-14-18-11-21(15-24(18)13-16-3-2-6-22-12-16)4-7-23(8-5-21)20(26)17-9-19(25)10-17/h2-3,6,12,17-19,25H,4-5,7-11,13-15H2,1H3/t17?,18-,19?/m0/s1. The number of nitrogens with zero attached hydrogens (tertiary/aromatic N) is 3. The van der Waals surface area contributed by atoms with Gasteiger partial charge < -0.3 is 14.7 Å². The molecule has 1 aromatic heterocycles. The number of pyridine rings is 1. The number of carbonyl (C=O) groups excluding carboxylic acids is 1. The highest BCUT2D eigenvalue weighted by molar-refractivity contribution is 5.80. The van der Waals surface area contributed by atoms with E-state index >= 15 is 0 Å². The zero-order chi connectivity index (χ0) is 18.9. The van der Waals surface area contributed by atoms with E-state index in [1.165, 1.54) is 5.56 Å². The number of hydrogen-bond donors (Lipinski definition) is 1. The van der Waals surface area contributed by atoms with Crippen molar-refractivity contribution in [3.05, 3.63) is 30.1 Å². The quantitative estimate of drug-likeness (QED) is 0.851. The summed E-state index contributed by atoms with van der Waals surface area (Å²) in [6.07, 6.45) is 8.07. The number of aliphatic hydroxyl groups excluding tert-OH is 1. The maximum absolute atomic E-state index is 12.6. The Balaban J connectivity index is 1.37. The van der Waals surface area contributed by atoms with Gasteiger partial charge in [-0.1, -0.05) is 6.07 Å². The minimum absolute atomic E-state index is 0.0564. The van der Waals surface area contributed by atoms with E-state index in [1.54, 1.807) is 7.11 Å². The van der Waals surface area contributed by atoms with Crippen LogP contribution in [0.3, 0.4) is 0 Å². The molecule has 2 aliphatic heterocycles. The molecule has 0 unspecified atom stereocenters. The molecule has 0 bridgehead atoms. The van der Waals surface area contributed by atoms with Gasteiger partial charge in [0.1, 0.15) is 0 Å². The molecular formula is C21H31N3O3. The Morgan fingerprint density at radius 3 is 2.78 bits per heavy atom. The number of aliphatic hydroxyl groups is 1. The van der Waals surface area contributed by atoms with Crippen LogP contribution in [0.2, 0.25) is 0 Å². The number of carbonyl (C=O) groups is 1.